The second-order valence-corrected chi connectivity index (χ2v) is 4.08. The first-order chi connectivity index (χ1) is 10.0. The first-order valence-electron chi connectivity index (χ1n) is 5.51. The highest BCUT2D eigenvalue weighted by Gasteiger charge is 2.47. The largest absolute Gasteiger partial charge is 0.846 e. The quantitative estimate of drug-likeness (QED) is 0.321. The molecule has 13 nitrogen and oxygen atoms in total. The average molecular weight is 295 g/mol. The molecular formula is C8H5N7O6. The molecule has 0 fully saturated rings. The van der Waals surface area contributed by atoms with Crippen LogP contribution in [0.25, 0.3) is 0 Å². The molecule has 21 heavy (non-hydrogen) atoms. The summed E-state index contributed by atoms with van der Waals surface area (Å²) in [7, 11) is 0. The van der Waals surface area contributed by atoms with Crippen molar-refractivity contribution < 1.29 is 19.9 Å². The Hall–Kier alpha value is -3.32. The first kappa shape index (κ1) is 11.5. The van der Waals surface area contributed by atoms with Gasteiger partial charge in [0, 0.05) is 0 Å². The number of quaternary nitrogens is 1. The van der Waals surface area contributed by atoms with Gasteiger partial charge in [0.15, 0.2) is 0 Å². The fourth-order valence-corrected chi connectivity index (χ4v) is 1.94. The summed E-state index contributed by atoms with van der Waals surface area (Å²) in [4.78, 5) is 54.5. The van der Waals surface area contributed by atoms with Crippen LogP contribution in [-0.2, 0) is 0 Å². The number of nitrogens with zero attached hydrogens (tertiary/aromatic N) is 2. The lowest BCUT2D eigenvalue weighted by molar-refractivity contribution is -1.01. The summed E-state index contributed by atoms with van der Waals surface area (Å²) in [5, 5.41) is 11.8. The number of nitrogens with one attached hydrogen (secondary N) is 5. The number of fused-ring (bicyclic) bond motifs is 4. The van der Waals surface area contributed by atoms with Crippen LogP contribution in [-0.4, -0.2) is 25.3 Å². The lowest BCUT2D eigenvalue weighted by Gasteiger charge is -2.24. The second-order valence-electron chi connectivity index (χ2n) is 4.08. The maximum absolute atomic E-state index is 11.8. The highest BCUT2D eigenvalue weighted by molar-refractivity contribution is 5.50. The van der Waals surface area contributed by atoms with E-state index >= 15 is 0 Å². The third-order valence-corrected chi connectivity index (χ3v) is 2.78. The normalized spacial score (nSPS) is 18.8. The maximum atomic E-state index is 11.8. The zero-order valence-corrected chi connectivity index (χ0v) is 9.84. The molecule has 4 rings (SSSR count). The molecule has 2 aliphatic rings. The van der Waals surface area contributed by atoms with Crippen molar-refractivity contribution >= 4 is 11.4 Å². The van der Waals surface area contributed by atoms with Crippen LogP contribution in [0.1, 0.15) is 0 Å². The Morgan fingerprint density at radius 2 is 1.90 bits per heavy atom. The summed E-state index contributed by atoms with van der Waals surface area (Å²) in [6, 6.07) is -0.886. The zero-order chi connectivity index (χ0) is 14.7. The molecular weight excluding hydrogens is 290 g/mol. The molecule has 0 aromatic carbocycles. The van der Waals surface area contributed by atoms with E-state index in [2.05, 4.69) is 15.4 Å². The minimum absolute atomic E-state index is 0.0381. The lowest BCUT2D eigenvalue weighted by atomic mass is 10.5. The first-order valence-corrected chi connectivity index (χ1v) is 5.51. The van der Waals surface area contributed by atoms with E-state index in [0.717, 1.165) is 5.34 Å². The molecule has 2 aromatic heterocycles. The number of hydrogen-bond acceptors (Lipinski definition) is 9. The molecule has 0 amide bonds. The zero-order valence-electron chi connectivity index (χ0n) is 9.84. The Kier molecular flexibility index (Phi) is 1.98. The van der Waals surface area contributed by atoms with Crippen molar-refractivity contribution in [1.82, 2.24) is 25.3 Å². The van der Waals surface area contributed by atoms with Crippen LogP contribution in [0.4, 0.5) is 11.4 Å². The molecule has 108 valence electrons. The van der Waals surface area contributed by atoms with Crippen molar-refractivity contribution in [3.8, 4) is 17.8 Å². The van der Waals surface area contributed by atoms with Crippen molar-refractivity contribution in [3.63, 3.8) is 0 Å². The fraction of sp³-hybridized carbons (Fsp3) is 0. The van der Waals surface area contributed by atoms with Crippen molar-refractivity contribution in [2.45, 2.75) is 0 Å². The van der Waals surface area contributed by atoms with Gasteiger partial charge in [0.25, 0.3) is 16.8 Å². The Morgan fingerprint density at radius 1 is 1.10 bits per heavy atom. The van der Waals surface area contributed by atoms with Crippen LogP contribution < -0.4 is 42.1 Å². The smallest absolute Gasteiger partial charge is 0.328 e. The van der Waals surface area contributed by atoms with Gasteiger partial charge in [0.1, 0.15) is 0 Å². The number of hydrogen-bond donors (Lipinski definition) is 5. The summed E-state index contributed by atoms with van der Waals surface area (Å²) in [5.74, 6) is -0.489. The van der Waals surface area contributed by atoms with Gasteiger partial charge < -0.3 is 14.9 Å². The molecule has 5 N–H and O–H groups in total. The standard InChI is InChI=1S/C8H5N7O6/c16-3-1-5(11-7(18)9-3)20-15-14(13-1)2-4(17)10-8(19)12-6(2)21-15/h13H,(H2,9,11,16,18)(H2,10,12,17,19). The Morgan fingerprint density at radius 3 is 2.71 bits per heavy atom. The van der Waals surface area contributed by atoms with E-state index in [0.29, 0.717) is 0 Å². The molecule has 2 aromatic rings. The molecule has 0 spiro atoms. The van der Waals surface area contributed by atoms with E-state index in [-0.39, 0.29) is 28.3 Å². The summed E-state index contributed by atoms with van der Waals surface area (Å²) < 4.78 is 0. The van der Waals surface area contributed by atoms with E-state index in [1.807, 2.05) is 9.97 Å². The number of aromatic amines is 3. The molecule has 13 heteroatoms. The van der Waals surface area contributed by atoms with Crippen LogP contribution in [0, 0.1) is 0 Å². The molecule has 0 aliphatic carbocycles. The van der Waals surface area contributed by atoms with E-state index in [1.165, 1.54) is 0 Å². The molecule has 2 aliphatic heterocycles. The summed E-state index contributed by atoms with van der Waals surface area (Å²) >= 11 is 0. The van der Waals surface area contributed by atoms with Gasteiger partial charge in [-0.05, 0) is 5.12 Å². The van der Waals surface area contributed by atoms with Crippen molar-refractivity contribution in [2.75, 3.05) is 5.43 Å². The van der Waals surface area contributed by atoms with E-state index < -0.39 is 22.8 Å². The van der Waals surface area contributed by atoms with Crippen molar-refractivity contribution in [2.24, 2.45) is 0 Å². The molecule has 0 saturated carbocycles. The third kappa shape index (κ3) is 1.52. The van der Waals surface area contributed by atoms with Gasteiger partial charge in [-0.3, -0.25) is 24.4 Å². The van der Waals surface area contributed by atoms with Crippen LogP contribution >= 0.6 is 0 Å². The summed E-state index contributed by atoms with van der Waals surface area (Å²) in [6.45, 7) is 0. The highest BCUT2D eigenvalue weighted by Crippen LogP contribution is 2.25. The molecule has 4 heterocycles. The van der Waals surface area contributed by atoms with E-state index in [4.69, 9.17) is 9.68 Å². The van der Waals surface area contributed by atoms with Crippen molar-refractivity contribution in [1.29, 1.82) is 0 Å². The monoisotopic (exact) mass is 295 g/mol. The molecule has 0 saturated heterocycles. The molecule has 0 bridgehead atoms. The maximum Gasteiger partial charge on any atom is 0.328 e. The highest BCUT2D eigenvalue weighted by atomic mass is 17.0. The van der Waals surface area contributed by atoms with Crippen LogP contribution in [0.3, 0.4) is 0 Å². The Balaban J connectivity index is 1.88. The topological polar surface area (TPSA) is 173 Å². The van der Waals surface area contributed by atoms with Crippen LogP contribution in [0.15, 0.2) is 14.4 Å². The van der Waals surface area contributed by atoms with Crippen LogP contribution in [0.5, 0.6) is 17.8 Å². The number of anilines is 1. The number of H-pyrrole nitrogens is 3. The minimum Gasteiger partial charge on any atom is -0.846 e. The second kappa shape index (κ2) is 3.62. The Labute approximate surface area is 112 Å². The summed E-state index contributed by atoms with van der Waals surface area (Å²) in [6.07, 6.45) is 0. The van der Waals surface area contributed by atoms with Gasteiger partial charge in [0.2, 0.25) is 5.69 Å². The predicted molar refractivity (Wildman–Crippen MR) is 59.3 cm³/mol. The predicted octanol–water partition coefficient (Wildman–Crippen LogP) is -4.40. The van der Waals surface area contributed by atoms with E-state index in [1.54, 1.807) is 0 Å². The molecule has 1 atom stereocenters. The van der Waals surface area contributed by atoms with Gasteiger partial charge >= 0.3 is 22.8 Å². The minimum atomic E-state index is -0.886. The molecule has 1 unspecified atom stereocenters. The van der Waals surface area contributed by atoms with Gasteiger partial charge in [0.05, 0.1) is 6.01 Å². The van der Waals surface area contributed by atoms with Crippen molar-refractivity contribution in [3.05, 3.63) is 31.2 Å². The SMILES string of the molecule is O=c1[nH]c2c(c(=O)[nH]1)N[NH+]1c3c(nc([O-])[nH]c3=O)ON1O2. The lowest BCUT2D eigenvalue weighted by Crippen LogP contribution is -3.18. The van der Waals surface area contributed by atoms with E-state index in [9.17, 15) is 19.5 Å². The van der Waals surface area contributed by atoms with Gasteiger partial charge in [-0.2, -0.15) is 5.43 Å². The van der Waals surface area contributed by atoms with Gasteiger partial charge in [-0.15, -0.1) is 0 Å². The fourth-order valence-electron chi connectivity index (χ4n) is 1.94. The number of aromatic nitrogens is 4. The van der Waals surface area contributed by atoms with Crippen LogP contribution in [0.2, 0.25) is 0 Å². The summed E-state index contributed by atoms with van der Waals surface area (Å²) in [5.41, 5.74) is 0.0685. The third-order valence-electron chi connectivity index (χ3n) is 2.78. The Bertz CT molecular complexity index is 928. The molecule has 0 radical (unpaired) electrons. The average Bonchev–Trinajstić information content (AvgIpc) is 2.73. The number of rotatable bonds is 0. The van der Waals surface area contributed by atoms with Gasteiger partial charge in [-0.1, -0.05) is 0 Å². The van der Waals surface area contributed by atoms with Gasteiger partial charge in [-0.25, -0.2) is 9.78 Å².